The van der Waals surface area contributed by atoms with Crippen LogP contribution < -0.4 is 16.1 Å². The van der Waals surface area contributed by atoms with Gasteiger partial charge in [0, 0.05) is 29.3 Å². The number of benzene rings is 2. The van der Waals surface area contributed by atoms with Gasteiger partial charge in [0.15, 0.2) is 0 Å². The molecule has 3 amide bonds. The molecule has 0 unspecified atom stereocenters. The fourth-order valence-electron chi connectivity index (χ4n) is 3.35. The number of carbonyl (C=O) groups is 3. The molecule has 0 saturated heterocycles. The number of carbonyl (C=O) groups excluding carboxylic acids is 3. The summed E-state index contributed by atoms with van der Waals surface area (Å²) < 4.78 is 0. The molecule has 0 aliphatic heterocycles. The Hall–Kier alpha value is -3.78. The van der Waals surface area contributed by atoms with Gasteiger partial charge in [0.1, 0.15) is 6.04 Å². The number of hydrogen-bond donors (Lipinski definition) is 4. The van der Waals surface area contributed by atoms with E-state index in [-0.39, 0.29) is 18.2 Å². The minimum Gasteiger partial charge on any atom is -0.340 e. The van der Waals surface area contributed by atoms with E-state index in [1.165, 1.54) is 0 Å². The van der Waals surface area contributed by atoms with E-state index in [4.69, 9.17) is 5.21 Å². The van der Waals surface area contributed by atoms with Crippen molar-refractivity contribution in [2.75, 3.05) is 5.32 Å². The van der Waals surface area contributed by atoms with Crippen molar-refractivity contribution in [3.05, 3.63) is 72.4 Å². The third-order valence-electron chi connectivity index (χ3n) is 5.05. The zero-order chi connectivity index (χ0) is 22.8. The fraction of sp³-hybridized carbons (Fsp3) is 0.250. The molecule has 0 aliphatic carbocycles. The largest absolute Gasteiger partial charge is 0.340 e. The molecular weight excluding hydrogens is 408 g/mol. The number of aromatic nitrogens is 1. The Morgan fingerprint density at radius 3 is 2.53 bits per heavy atom. The molecule has 0 aliphatic rings. The number of anilines is 1. The van der Waals surface area contributed by atoms with Crippen LogP contribution in [0.3, 0.4) is 0 Å². The molecule has 1 aromatic heterocycles. The van der Waals surface area contributed by atoms with Gasteiger partial charge in [-0.3, -0.25) is 24.6 Å². The quantitative estimate of drug-likeness (QED) is 0.221. The number of hydrogen-bond acceptors (Lipinski definition) is 5. The Morgan fingerprint density at radius 1 is 0.938 bits per heavy atom. The lowest BCUT2D eigenvalue weighted by Gasteiger charge is -2.19. The molecule has 3 aromatic rings. The summed E-state index contributed by atoms with van der Waals surface area (Å²) in [7, 11) is 0. The van der Waals surface area contributed by atoms with Crippen molar-refractivity contribution in [2.45, 2.75) is 38.1 Å². The zero-order valence-electron chi connectivity index (χ0n) is 17.6. The Morgan fingerprint density at radius 2 is 1.75 bits per heavy atom. The van der Waals surface area contributed by atoms with Crippen molar-refractivity contribution in [2.24, 2.45) is 0 Å². The van der Waals surface area contributed by atoms with Gasteiger partial charge in [-0.15, -0.1) is 0 Å². The highest BCUT2D eigenvalue weighted by molar-refractivity contribution is 6.01. The molecule has 1 atom stereocenters. The highest BCUT2D eigenvalue weighted by Gasteiger charge is 2.21. The van der Waals surface area contributed by atoms with E-state index in [2.05, 4.69) is 15.6 Å². The van der Waals surface area contributed by atoms with Crippen LogP contribution in [0.15, 0.2) is 66.9 Å². The monoisotopic (exact) mass is 434 g/mol. The number of amides is 3. The Balaban J connectivity index is 1.65. The van der Waals surface area contributed by atoms with E-state index < -0.39 is 11.9 Å². The second-order valence-corrected chi connectivity index (χ2v) is 7.43. The summed E-state index contributed by atoms with van der Waals surface area (Å²) in [5, 5.41) is 15.2. The first-order valence-corrected chi connectivity index (χ1v) is 10.5. The van der Waals surface area contributed by atoms with Gasteiger partial charge < -0.3 is 10.6 Å². The molecule has 0 spiro atoms. The summed E-state index contributed by atoms with van der Waals surface area (Å²) >= 11 is 0. The molecule has 0 saturated carbocycles. The number of unbranched alkanes of at least 4 members (excludes halogenated alkanes) is 2. The van der Waals surface area contributed by atoms with E-state index in [9.17, 15) is 14.4 Å². The van der Waals surface area contributed by atoms with Gasteiger partial charge in [-0.05, 0) is 49.2 Å². The zero-order valence-corrected chi connectivity index (χ0v) is 17.6. The summed E-state index contributed by atoms with van der Waals surface area (Å²) in [5.41, 5.74) is 3.52. The van der Waals surface area contributed by atoms with Crippen molar-refractivity contribution < 1.29 is 19.6 Å². The summed E-state index contributed by atoms with van der Waals surface area (Å²) in [5.74, 6) is -1.08. The average Bonchev–Trinajstić information content (AvgIpc) is 2.83. The van der Waals surface area contributed by atoms with Crippen LogP contribution in [0.4, 0.5) is 5.69 Å². The van der Waals surface area contributed by atoms with Crippen LogP contribution in [0.25, 0.3) is 10.9 Å². The number of nitrogens with one attached hydrogen (secondary N) is 3. The summed E-state index contributed by atoms with van der Waals surface area (Å²) in [6, 6.07) is 17.2. The van der Waals surface area contributed by atoms with Crippen molar-refractivity contribution in [3.8, 4) is 0 Å². The molecule has 166 valence electrons. The number of fused-ring (bicyclic) bond motifs is 1. The molecule has 32 heavy (non-hydrogen) atoms. The third-order valence-corrected chi connectivity index (χ3v) is 5.05. The first-order valence-electron chi connectivity index (χ1n) is 10.5. The van der Waals surface area contributed by atoms with Crippen LogP contribution in [0.5, 0.6) is 0 Å². The molecule has 0 bridgehead atoms. The lowest BCUT2D eigenvalue weighted by Crippen LogP contribution is -2.43. The summed E-state index contributed by atoms with van der Waals surface area (Å²) in [6.45, 7) is 0. The molecule has 3 rings (SSSR count). The van der Waals surface area contributed by atoms with Gasteiger partial charge in [0.2, 0.25) is 11.8 Å². The van der Waals surface area contributed by atoms with E-state index in [1.807, 2.05) is 30.3 Å². The lowest BCUT2D eigenvalue weighted by atomic mass is 10.0. The first-order chi connectivity index (χ1) is 15.6. The maximum absolute atomic E-state index is 13.0. The predicted molar refractivity (Wildman–Crippen MR) is 121 cm³/mol. The van der Waals surface area contributed by atoms with E-state index >= 15 is 0 Å². The third kappa shape index (κ3) is 6.61. The molecule has 0 radical (unpaired) electrons. The van der Waals surface area contributed by atoms with Crippen LogP contribution in [0, 0.1) is 0 Å². The summed E-state index contributed by atoms with van der Waals surface area (Å²) in [4.78, 5) is 41.0. The Kier molecular flexibility index (Phi) is 8.28. The van der Waals surface area contributed by atoms with Crippen molar-refractivity contribution in [3.63, 3.8) is 0 Å². The van der Waals surface area contributed by atoms with Crippen LogP contribution in [0.1, 0.15) is 42.5 Å². The maximum atomic E-state index is 13.0. The van der Waals surface area contributed by atoms with Gasteiger partial charge in [-0.1, -0.05) is 37.1 Å². The number of rotatable bonds is 10. The van der Waals surface area contributed by atoms with Crippen molar-refractivity contribution in [1.29, 1.82) is 0 Å². The highest BCUT2D eigenvalue weighted by atomic mass is 16.5. The Labute approximate surface area is 186 Å². The van der Waals surface area contributed by atoms with Crippen LogP contribution in [-0.4, -0.2) is 34.0 Å². The molecule has 2 aromatic carbocycles. The lowest BCUT2D eigenvalue weighted by molar-refractivity contribution is -0.129. The van der Waals surface area contributed by atoms with E-state index in [0.29, 0.717) is 36.9 Å². The van der Waals surface area contributed by atoms with Crippen LogP contribution >= 0.6 is 0 Å². The highest BCUT2D eigenvalue weighted by Crippen LogP contribution is 2.18. The first kappa shape index (κ1) is 22.9. The summed E-state index contributed by atoms with van der Waals surface area (Å²) in [6.07, 6.45) is 4.22. The fourth-order valence-corrected chi connectivity index (χ4v) is 3.35. The molecule has 1 heterocycles. The van der Waals surface area contributed by atoms with Crippen LogP contribution in [-0.2, 0) is 9.59 Å². The minimum absolute atomic E-state index is 0.203. The molecular formula is C24H26N4O4. The molecule has 4 N–H and O–H groups in total. The predicted octanol–water partition coefficient (Wildman–Crippen LogP) is 3.43. The van der Waals surface area contributed by atoms with E-state index in [0.717, 1.165) is 10.9 Å². The van der Waals surface area contributed by atoms with Gasteiger partial charge in [-0.2, -0.15) is 0 Å². The second-order valence-electron chi connectivity index (χ2n) is 7.43. The Bertz CT molecular complexity index is 1070. The maximum Gasteiger partial charge on any atom is 0.251 e. The van der Waals surface area contributed by atoms with Crippen molar-refractivity contribution >= 4 is 34.3 Å². The molecule has 0 fully saturated rings. The van der Waals surface area contributed by atoms with Gasteiger partial charge in [0.25, 0.3) is 5.91 Å². The number of nitrogens with zero attached hydrogens (tertiary/aromatic N) is 1. The normalized spacial score (nSPS) is 11.5. The number of hydroxylamine groups is 1. The SMILES string of the molecule is O=C(CCCCC[C@H](NC(=O)c1ccccc1)C(=O)Nc1ccc2ncccc2c1)NO. The minimum atomic E-state index is -0.737. The number of pyridine rings is 1. The second kappa shape index (κ2) is 11.6. The van der Waals surface area contributed by atoms with Gasteiger partial charge in [0.05, 0.1) is 5.52 Å². The average molecular weight is 434 g/mol. The van der Waals surface area contributed by atoms with Gasteiger partial charge in [-0.25, -0.2) is 5.48 Å². The standard InChI is InChI=1S/C24H26N4O4/c29-22(28-32)12-6-2-5-11-21(27-23(30)17-8-3-1-4-9-17)24(31)26-19-13-14-20-18(16-19)10-7-15-25-20/h1,3-4,7-10,13-16,21,32H,2,5-6,11-12H2,(H,26,31)(H,27,30)(H,28,29)/t21-/m0/s1. The molecule has 8 nitrogen and oxygen atoms in total. The van der Waals surface area contributed by atoms with Gasteiger partial charge >= 0.3 is 0 Å². The smallest absolute Gasteiger partial charge is 0.251 e. The van der Waals surface area contributed by atoms with Crippen LogP contribution in [0.2, 0.25) is 0 Å². The van der Waals surface area contributed by atoms with Crippen molar-refractivity contribution in [1.82, 2.24) is 15.8 Å². The van der Waals surface area contributed by atoms with E-state index in [1.54, 1.807) is 42.0 Å². The topological polar surface area (TPSA) is 120 Å². The molecule has 8 heteroatoms.